The van der Waals surface area contributed by atoms with Crippen LogP contribution in [0.25, 0.3) is 10.9 Å². The molecule has 3 rings (SSSR count). The summed E-state index contributed by atoms with van der Waals surface area (Å²) >= 11 is 0. The van der Waals surface area contributed by atoms with E-state index in [2.05, 4.69) is 23.7 Å². The normalized spacial score (nSPS) is 10.6. The minimum Gasteiger partial charge on any atom is -0.473 e. The van der Waals surface area contributed by atoms with Gasteiger partial charge in [0.25, 0.3) is 5.91 Å². The number of hydrogen-bond acceptors (Lipinski definition) is 4. The molecule has 0 radical (unpaired) electrons. The molecule has 0 bridgehead atoms. The standard InChI is InChI=1S/C23H28FN3O.C2H2O4/c1-5-21-16(2)20-14-18(23(28)25-12-13-26(3)4)8-11-22(20)27(21)15-17-6-9-19(24)10-7-17;3-1(4)2(5)6/h6-11,14H,5,12-13,15H2,1-4H3,(H,25,28);(H,3,4)(H,5,6). The van der Waals surface area contributed by atoms with E-state index in [4.69, 9.17) is 19.8 Å². The van der Waals surface area contributed by atoms with Crippen molar-refractivity contribution in [3.8, 4) is 0 Å². The first-order valence-electron chi connectivity index (χ1n) is 10.8. The zero-order valence-electron chi connectivity index (χ0n) is 19.8. The summed E-state index contributed by atoms with van der Waals surface area (Å²) in [6, 6.07) is 12.5. The minimum atomic E-state index is -1.82. The molecule has 0 saturated carbocycles. The molecule has 0 spiro atoms. The van der Waals surface area contributed by atoms with Gasteiger partial charge in [0, 0.05) is 41.8 Å². The van der Waals surface area contributed by atoms with Gasteiger partial charge < -0.3 is 25.0 Å². The molecule has 0 aliphatic carbocycles. The number of nitrogens with one attached hydrogen (secondary N) is 1. The van der Waals surface area contributed by atoms with Crippen molar-refractivity contribution < 1.29 is 29.0 Å². The van der Waals surface area contributed by atoms with Gasteiger partial charge >= 0.3 is 11.9 Å². The van der Waals surface area contributed by atoms with Crippen LogP contribution in [-0.4, -0.2) is 64.7 Å². The van der Waals surface area contributed by atoms with E-state index in [1.54, 1.807) is 0 Å². The number of aryl methyl sites for hydroxylation is 1. The molecule has 34 heavy (non-hydrogen) atoms. The number of fused-ring (bicyclic) bond motifs is 1. The first-order chi connectivity index (χ1) is 16.0. The summed E-state index contributed by atoms with van der Waals surface area (Å²) in [5.41, 5.74) is 5.27. The second-order valence-corrected chi connectivity index (χ2v) is 8.04. The average Bonchev–Trinajstić information content (AvgIpc) is 3.05. The van der Waals surface area contributed by atoms with Crippen LogP contribution in [0.5, 0.6) is 0 Å². The quantitative estimate of drug-likeness (QED) is 0.457. The monoisotopic (exact) mass is 471 g/mol. The van der Waals surface area contributed by atoms with E-state index in [9.17, 15) is 9.18 Å². The van der Waals surface area contributed by atoms with Crippen LogP contribution in [0.15, 0.2) is 42.5 Å². The fourth-order valence-corrected chi connectivity index (χ4v) is 3.62. The fourth-order valence-electron chi connectivity index (χ4n) is 3.62. The van der Waals surface area contributed by atoms with E-state index in [0.717, 1.165) is 29.4 Å². The van der Waals surface area contributed by atoms with Gasteiger partial charge in [0.05, 0.1) is 0 Å². The molecule has 1 heterocycles. The van der Waals surface area contributed by atoms with Crippen LogP contribution in [-0.2, 0) is 22.6 Å². The predicted octanol–water partition coefficient (Wildman–Crippen LogP) is 3.15. The number of carbonyl (C=O) groups excluding carboxylic acids is 1. The molecule has 2 aromatic carbocycles. The second kappa shape index (κ2) is 11.9. The van der Waals surface area contributed by atoms with E-state index < -0.39 is 11.9 Å². The van der Waals surface area contributed by atoms with Crippen LogP contribution in [0.3, 0.4) is 0 Å². The number of carbonyl (C=O) groups is 3. The number of carboxylic acids is 2. The van der Waals surface area contributed by atoms with Crippen molar-refractivity contribution in [1.82, 2.24) is 14.8 Å². The molecule has 3 aromatic rings. The van der Waals surface area contributed by atoms with Crippen molar-refractivity contribution in [3.63, 3.8) is 0 Å². The van der Waals surface area contributed by atoms with Crippen molar-refractivity contribution in [2.24, 2.45) is 0 Å². The van der Waals surface area contributed by atoms with E-state index in [-0.39, 0.29) is 11.7 Å². The zero-order valence-corrected chi connectivity index (χ0v) is 19.8. The number of aliphatic carboxylic acids is 2. The maximum Gasteiger partial charge on any atom is 0.414 e. The summed E-state index contributed by atoms with van der Waals surface area (Å²) in [6.07, 6.45) is 0.895. The molecule has 3 N–H and O–H groups in total. The highest BCUT2D eigenvalue weighted by Gasteiger charge is 2.15. The summed E-state index contributed by atoms with van der Waals surface area (Å²) in [4.78, 5) is 32.7. The molecular weight excluding hydrogens is 441 g/mol. The van der Waals surface area contributed by atoms with Gasteiger partial charge in [-0.3, -0.25) is 4.79 Å². The Balaban J connectivity index is 0.000000604. The van der Waals surface area contributed by atoms with Crippen LogP contribution in [0.4, 0.5) is 4.39 Å². The number of hydrogen-bond donors (Lipinski definition) is 3. The Hall–Kier alpha value is -3.72. The third-order valence-electron chi connectivity index (χ3n) is 5.33. The molecule has 1 aromatic heterocycles. The Labute approximate surface area is 197 Å². The highest BCUT2D eigenvalue weighted by atomic mass is 19.1. The average molecular weight is 472 g/mol. The van der Waals surface area contributed by atoms with Crippen molar-refractivity contribution >= 4 is 28.7 Å². The van der Waals surface area contributed by atoms with Gasteiger partial charge in [0.2, 0.25) is 0 Å². The zero-order chi connectivity index (χ0) is 25.4. The number of benzene rings is 2. The van der Waals surface area contributed by atoms with Crippen LogP contribution in [0.1, 0.15) is 34.1 Å². The van der Waals surface area contributed by atoms with Gasteiger partial charge in [-0.1, -0.05) is 19.1 Å². The highest BCUT2D eigenvalue weighted by Crippen LogP contribution is 2.28. The summed E-state index contributed by atoms with van der Waals surface area (Å²) in [7, 11) is 3.97. The summed E-state index contributed by atoms with van der Waals surface area (Å²) in [5.74, 6) is -3.92. The van der Waals surface area contributed by atoms with E-state index in [1.807, 2.05) is 49.3 Å². The van der Waals surface area contributed by atoms with Crippen LogP contribution >= 0.6 is 0 Å². The molecule has 1 amide bonds. The van der Waals surface area contributed by atoms with Crippen molar-refractivity contribution in [2.45, 2.75) is 26.8 Å². The smallest absolute Gasteiger partial charge is 0.414 e. The molecular formula is C25H30FN3O5. The molecule has 0 aliphatic rings. The summed E-state index contributed by atoms with van der Waals surface area (Å²) in [6.45, 7) is 6.35. The Morgan fingerprint density at radius 2 is 1.65 bits per heavy atom. The third kappa shape index (κ3) is 6.89. The number of amides is 1. The first kappa shape index (κ1) is 26.5. The molecule has 0 aliphatic heterocycles. The summed E-state index contributed by atoms with van der Waals surface area (Å²) < 4.78 is 15.5. The molecule has 8 nitrogen and oxygen atoms in total. The van der Waals surface area contributed by atoms with E-state index in [1.165, 1.54) is 23.4 Å². The van der Waals surface area contributed by atoms with Gasteiger partial charge in [0.15, 0.2) is 0 Å². The topological polar surface area (TPSA) is 112 Å². The minimum absolute atomic E-state index is 0.0486. The first-order valence-corrected chi connectivity index (χ1v) is 10.8. The van der Waals surface area contributed by atoms with Crippen LogP contribution in [0.2, 0.25) is 0 Å². The molecule has 9 heteroatoms. The molecule has 0 atom stereocenters. The van der Waals surface area contributed by atoms with Crippen molar-refractivity contribution in [1.29, 1.82) is 0 Å². The molecule has 0 saturated heterocycles. The largest absolute Gasteiger partial charge is 0.473 e. The lowest BCUT2D eigenvalue weighted by atomic mass is 10.1. The Bertz CT molecular complexity index is 1160. The fraction of sp³-hybridized carbons (Fsp3) is 0.320. The van der Waals surface area contributed by atoms with Crippen molar-refractivity contribution in [3.05, 3.63) is 70.7 Å². The van der Waals surface area contributed by atoms with Gasteiger partial charge in [-0.05, 0) is 68.9 Å². The summed E-state index contributed by atoms with van der Waals surface area (Å²) in [5, 5.41) is 18.9. The number of rotatable bonds is 7. The number of aromatic nitrogens is 1. The number of likely N-dealkylation sites (N-methyl/N-ethyl adjacent to an activating group) is 1. The number of nitrogens with zero attached hydrogens (tertiary/aromatic N) is 2. The SMILES string of the molecule is CCc1c(C)c2cc(C(=O)NCCN(C)C)ccc2n1Cc1ccc(F)cc1.O=C(O)C(=O)O. The second-order valence-electron chi connectivity index (χ2n) is 8.04. The van der Waals surface area contributed by atoms with E-state index >= 15 is 0 Å². The Morgan fingerprint density at radius 1 is 1.03 bits per heavy atom. The lowest BCUT2D eigenvalue weighted by molar-refractivity contribution is -0.159. The molecule has 182 valence electrons. The van der Waals surface area contributed by atoms with Gasteiger partial charge in [-0.25, -0.2) is 14.0 Å². The van der Waals surface area contributed by atoms with Gasteiger partial charge in [0.1, 0.15) is 5.82 Å². The molecule has 0 fully saturated rings. The van der Waals surface area contributed by atoms with Crippen LogP contribution < -0.4 is 5.32 Å². The van der Waals surface area contributed by atoms with Crippen LogP contribution in [0, 0.1) is 12.7 Å². The Kier molecular flexibility index (Phi) is 9.32. The van der Waals surface area contributed by atoms with Crippen molar-refractivity contribution in [2.75, 3.05) is 27.2 Å². The van der Waals surface area contributed by atoms with Gasteiger partial charge in [-0.2, -0.15) is 0 Å². The maximum absolute atomic E-state index is 13.2. The Morgan fingerprint density at radius 3 is 2.18 bits per heavy atom. The lowest BCUT2D eigenvalue weighted by Crippen LogP contribution is -2.31. The number of halogens is 1. The highest BCUT2D eigenvalue weighted by molar-refractivity contribution is 6.27. The van der Waals surface area contributed by atoms with Gasteiger partial charge in [-0.15, -0.1) is 0 Å². The van der Waals surface area contributed by atoms with E-state index in [0.29, 0.717) is 18.7 Å². The molecule has 0 unspecified atom stereocenters. The maximum atomic E-state index is 13.2. The number of carboxylic acid groups (broad SMARTS) is 2. The lowest BCUT2D eigenvalue weighted by Gasteiger charge is -2.11. The predicted molar refractivity (Wildman–Crippen MR) is 128 cm³/mol. The third-order valence-corrected chi connectivity index (χ3v) is 5.33.